The normalized spacial score (nSPS) is 31.2. The number of methoxy groups -OCH3 is 1. The fraction of sp³-hybridized carbons (Fsp3) is 0.769. The van der Waals surface area contributed by atoms with Crippen molar-refractivity contribution in [1.29, 1.82) is 0 Å². The van der Waals surface area contributed by atoms with Crippen molar-refractivity contribution in [1.82, 2.24) is 0 Å². The third kappa shape index (κ3) is 4.65. The van der Waals surface area contributed by atoms with Gasteiger partial charge in [0.25, 0.3) is 0 Å². The topological polar surface area (TPSA) is 118 Å². The maximum absolute atomic E-state index is 11.3. The Bertz CT molecular complexity index is 392. The molecule has 0 unspecified atom stereocenters. The highest BCUT2D eigenvalue weighted by molar-refractivity contribution is 5.68. The van der Waals surface area contributed by atoms with Crippen molar-refractivity contribution in [2.24, 2.45) is 0 Å². The predicted octanol–water partition coefficient (Wildman–Crippen LogP) is -0.855. The van der Waals surface area contributed by atoms with Crippen LogP contribution in [-0.4, -0.2) is 67.4 Å². The van der Waals surface area contributed by atoms with Crippen LogP contribution < -0.4 is 0 Å². The number of hydrogen-bond acceptors (Lipinski definition) is 9. The molecule has 1 aliphatic heterocycles. The molecule has 0 aromatic rings. The monoisotopic (exact) mass is 320 g/mol. The predicted molar refractivity (Wildman–Crippen MR) is 69.4 cm³/mol. The Hall–Kier alpha value is -1.71. The molecule has 1 aliphatic rings. The molecule has 0 aromatic carbocycles. The molecule has 0 spiro atoms. The van der Waals surface area contributed by atoms with Gasteiger partial charge in [-0.3, -0.25) is 14.4 Å². The molecule has 22 heavy (non-hydrogen) atoms. The summed E-state index contributed by atoms with van der Waals surface area (Å²) in [4.78, 5) is 33.8. The SMILES string of the molecule is CO[C@@H]1O[C@@H](CO)[C@H](OC(C)=O)[C@@H](OC(C)=O)[C@H]1OC(C)=O. The van der Waals surface area contributed by atoms with E-state index in [1.165, 1.54) is 7.11 Å². The zero-order chi connectivity index (χ0) is 16.9. The number of esters is 3. The second-order valence-electron chi connectivity index (χ2n) is 4.68. The molecule has 1 heterocycles. The van der Waals surface area contributed by atoms with Gasteiger partial charge in [-0.05, 0) is 0 Å². The third-order valence-electron chi connectivity index (χ3n) is 2.91. The molecule has 1 rings (SSSR count). The van der Waals surface area contributed by atoms with Crippen LogP contribution in [0.3, 0.4) is 0 Å². The quantitative estimate of drug-likeness (QED) is 0.510. The van der Waals surface area contributed by atoms with Gasteiger partial charge in [-0.15, -0.1) is 0 Å². The van der Waals surface area contributed by atoms with Crippen LogP contribution in [0.25, 0.3) is 0 Å². The van der Waals surface area contributed by atoms with Crippen molar-refractivity contribution in [3.63, 3.8) is 0 Å². The fourth-order valence-corrected chi connectivity index (χ4v) is 2.19. The van der Waals surface area contributed by atoms with Gasteiger partial charge in [0.1, 0.15) is 6.10 Å². The molecule has 0 radical (unpaired) electrons. The van der Waals surface area contributed by atoms with E-state index in [0.717, 1.165) is 20.8 Å². The van der Waals surface area contributed by atoms with Crippen LogP contribution >= 0.6 is 0 Å². The van der Waals surface area contributed by atoms with E-state index in [4.69, 9.17) is 23.7 Å². The summed E-state index contributed by atoms with van der Waals surface area (Å²) in [6, 6.07) is 0. The van der Waals surface area contributed by atoms with Gasteiger partial charge in [-0.1, -0.05) is 0 Å². The molecule has 1 saturated heterocycles. The number of aliphatic hydroxyl groups is 1. The summed E-state index contributed by atoms with van der Waals surface area (Å²) in [5, 5.41) is 9.39. The lowest BCUT2D eigenvalue weighted by Crippen LogP contribution is -2.62. The van der Waals surface area contributed by atoms with Crippen LogP contribution in [0.15, 0.2) is 0 Å². The van der Waals surface area contributed by atoms with E-state index in [9.17, 15) is 19.5 Å². The summed E-state index contributed by atoms with van der Waals surface area (Å²) in [6.07, 6.45) is -5.52. The van der Waals surface area contributed by atoms with Gasteiger partial charge in [0.05, 0.1) is 6.61 Å². The van der Waals surface area contributed by atoms with Crippen LogP contribution in [-0.2, 0) is 38.1 Å². The van der Waals surface area contributed by atoms with E-state index in [1.807, 2.05) is 0 Å². The van der Waals surface area contributed by atoms with Gasteiger partial charge in [-0.2, -0.15) is 0 Å². The maximum atomic E-state index is 11.3. The lowest BCUT2D eigenvalue weighted by atomic mass is 9.98. The van der Waals surface area contributed by atoms with Crippen LogP contribution in [0, 0.1) is 0 Å². The van der Waals surface area contributed by atoms with Crippen LogP contribution in [0.5, 0.6) is 0 Å². The van der Waals surface area contributed by atoms with E-state index in [1.54, 1.807) is 0 Å². The molecule has 0 saturated carbocycles. The average Bonchev–Trinajstić information content (AvgIpc) is 2.41. The standard InChI is InChI=1S/C13H20O9/c1-6(15)19-10-9(5-14)22-13(18-4)12(21-8(3)17)11(10)20-7(2)16/h9-14H,5H2,1-4H3/t9-,10-,11+,12+,13+/m0/s1. The number of rotatable bonds is 5. The van der Waals surface area contributed by atoms with E-state index in [-0.39, 0.29) is 0 Å². The van der Waals surface area contributed by atoms with Crippen LogP contribution in [0.1, 0.15) is 20.8 Å². The zero-order valence-corrected chi connectivity index (χ0v) is 12.8. The Morgan fingerprint density at radius 3 is 1.77 bits per heavy atom. The molecule has 9 heteroatoms. The van der Waals surface area contributed by atoms with E-state index >= 15 is 0 Å². The lowest BCUT2D eigenvalue weighted by molar-refractivity contribution is -0.302. The van der Waals surface area contributed by atoms with Crippen molar-refractivity contribution in [2.45, 2.75) is 51.5 Å². The molecule has 9 nitrogen and oxygen atoms in total. The Morgan fingerprint density at radius 1 is 0.909 bits per heavy atom. The van der Waals surface area contributed by atoms with Crippen molar-refractivity contribution in [3.8, 4) is 0 Å². The minimum Gasteiger partial charge on any atom is -0.456 e. The molecule has 0 bridgehead atoms. The van der Waals surface area contributed by atoms with Crippen molar-refractivity contribution in [2.75, 3.05) is 13.7 Å². The summed E-state index contributed by atoms with van der Waals surface area (Å²) >= 11 is 0. The summed E-state index contributed by atoms with van der Waals surface area (Å²) in [5.41, 5.74) is 0. The van der Waals surface area contributed by atoms with Gasteiger partial charge in [0, 0.05) is 27.9 Å². The molecular formula is C13H20O9. The van der Waals surface area contributed by atoms with Crippen LogP contribution in [0.2, 0.25) is 0 Å². The number of aliphatic hydroxyl groups excluding tert-OH is 1. The largest absolute Gasteiger partial charge is 0.456 e. The first-order valence-electron chi connectivity index (χ1n) is 6.61. The molecule has 1 fully saturated rings. The van der Waals surface area contributed by atoms with Crippen molar-refractivity contribution < 1.29 is 43.2 Å². The summed E-state index contributed by atoms with van der Waals surface area (Å²) in [6.45, 7) is 2.96. The first-order valence-corrected chi connectivity index (χ1v) is 6.61. The Kier molecular flexibility index (Phi) is 6.72. The third-order valence-corrected chi connectivity index (χ3v) is 2.91. The van der Waals surface area contributed by atoms with E-state index in [2.05, 4.69) is 0 Å². The van der Waals surface area contributed by atoms with Gasteiger partial charge in [0.15, 0.2) is 24.6 Å². The smallest absolute Gasteiger partial charge is 0.303 e. The maximum Gasteiger partial charge on any atom is 0.303 e. The average molecular weight is 320 g/mol. The van der Waals surface area contributed by atoms with Gasteiger partial charge in [0.2, 0.25) is 0 Å². The summed E-state index contributed by atoms with van der Waals surface area (Å²) < 4.78 is 25.7. The zero-order valence-electron chi connectivity index (χ0n) is 12.8. The molecule has 1 N–H and O–H groups in total. The Balaban J connectivity index is 3.14. The molecule has 0 amide bonds. The molecule has 0 aliphatic carbocycles. The summed E-state index contributed by atoms with van der Waals surface area (Å²) in [5.74, 6) is -1.99. The first-order chi connectivity index (χ1) is 10.3. The number of ether oxygens (including phenoxy) is 5. The van der Waals surface area contributed by atoms with Crippen molar-refractivity contribution >= 4 is 17.9 Å². The lowest BCUT2D eigenvalue weighted by Gasteiger charge is -2.43. The Morgan fingerprint density at radius 2 is 1.36 bits per heavy atom. The number of carbonyl (C=O) groups excluding carboxylic acids is 3. The number of hydrogen-bond donors (Lipinski definition) is 1. The van der Waals surface area contributed by atoms with Gasteiger partial charge < -0.3 is 28.8 Å². The second kappa shape index (κ2) is 8.06. The van der Waals surface area contributed by atoms with E-state index in [0.29, 0.717) is 0 Å². The minimum atomic E-state index is -1.17. The molecule has 0 aromatic heterocycles. The van der Waals surface area contributed by atoms with E-state index < -0.39 is 55.2 Å². The Labute approximate surface area is 127 Å². The van der Waals surface area contributed by atoms with Crippen molar-refractivity contribution in [3.05, 3.63) is 0 Å². The highest BCUT2D eigenvalue weighted by atomic mass is 16.7. The number of carbonyl (C=O) groups is 3. The molecule has 5 atom stereocenters. The fourth-order valence-electron chi connectivity index (χ4n) is 2.19. The van der Waals surface area contributed by atoms with Gasteiger partial charge in [-0.25, -0.2) is 0 Å². The highest BCUT2D eigenvalue weighted by Gasteiger charge is 2.51. The first kappa shape index (κ1) is 18.3. The molecular weight excluding hydrogens is 300 g/mol. The second-order valence-corrected chi connectivity index (χ2v) is 4.68. The summed E-state index contributed by atoms with van der Waals surface area (Å²) in [7, 11) is 1.30. The highest BCUT2D eigenvalue weighted by Crippen LogP contribution is 2.28. The van der Waals surface area contributed by atoms with Crippen LogP contribution in [0.4, 0.5) is 0 Å². The molecule has 126 valence electrons. The minimum absolute atomic E-state index is 0.512. The van der Waals surface area contributed by atoms with Gasteiger partial charge >= 0.3 is 17.9 Å².